The number of amides is 1. The van der Waals surface area contributed by atoms with Gasteiger partial charge in [0.05, 0.1) is 19.6 Å². The van der Waals surface area contributed by atoms with Gasteiger partial charge in [-0.2, -0.15) is 0 Å². The summed E-state index contributed by atoms with van der Waals surface area (Å²) in [6.45, 7) is 4.01. The van der Waals surface area contributed by atoms with E-state index in [4.69, 9.17) is 4.74 Å². The normalized spacial score (nSPS) is 19.2. The minimum atomic E-state index is -0.200. The standard InChI is InChI=1S/C19H28N4O3.HI/c1-14-12-23(13-16(14)18(25)26-3)19(20-2)22-11-17(24)21-10-9-15-7-5-4-6-8-15;/h4-8,14,16H,9-13H2,1-3H3,(H,20,22)(H,21,24);1H. The summed E-state index contributed by atoms with van der Waals surface area (Å²) in [6, 6.07) is 10.0. The lowest BCUT2D eigenvalue weighted by molar-refractivity contribution is -0.146. The number of halogens is 1. The second-order valence-corrected chi connectivity index (χ2v) is 6.50. The highest BCUT2D eigenvalue weighted by atomic mass is 127. The third kappa shape index (κ3) is 7.00. The van der Waals surface area contributed by atoms with Gasteiger partial charge in [-0.25, -0.2) is 0 Å². The fraction of sp³-hybridized carbons (Fsp3) is 0.526. The van der Waals surface area contributed by atoms with Crippen LogP contribution in [0.2, 0.25) is 0 Å². The number of nitrogens with one attached hydrogen (secondary N) is 2. The van der Waals surface area contributed by atoms with Crippen LogP contribution >= 0.6 is 24.0 Å². The lowest BCUT2D eigenvalue weighted by atomic mass is 9.99. The van der Waals surface area contributed by atoms with Crippen LogP contribution in [0.15, 0.2) is 35.3 Å². The minimum Gasteiger partial charge on any atom is -0.469 e. The van der Waals surface area contributed by atoms with Gasteiger partial charge in [-0.3, -0.25) is 14.6 Å². The van der Waals surface area contributed by atoms with Crippen molar-refractivity contribution in [1.29, 1.82) is 0 Å². The second kappa shape index (κ2) is 11.8. The summed E-state index contributed by atoms with van der Waals surface area (Å²) in [7, 11) is 3.08. The van der Waals surface area contributed by atoms with Crippen molar-refractivity contribution in [3.63, 3.8) is 0 Å². The molecule has 0 radical (unpaired) electrons. The van der Waals surface area contributed by atoms with Crippen molar-refractivity contribution in [3.8, 4) is 0 Å². The quantitative estimate of drug-likeness (QED) is 0.273. The fourth-order valence-electron chi connectivity index (χ4n) is 3.14. The highest BCUT2D eigenvalue weighted by Gasteiger charge is 2.36. The van der Waals surface area contributed by atoms with Crippen molar-refractivity contribution in [1.82, 2.24) is 15.5 Å². The van der Waals surface area contributed by atoms with Gasteiger partial charge in [0.2, 0.25) is 5.91 Å². The molecule has 1 aliphatic heterocycles. The average Bonchev–Trinajstić information content (AvgIpc) is 3.04. The van der Waals surface area contributed by atoms with Gasteiger partial charge in [-0.1, -0.05) is 37.3 Å². The molecule has 2 atom stereocenters. The van der Waals surface area contributed by atoms with Crippen molar-refractivity contribution >= 4 is 41.8 Å². The zero-order valence-electron chi connectivity index (χ0n) is 16.1. The molecule has 0 saturated carbocycles. The monoisotopic (exact) mass is 488 g/mol. The maximum absolute atomic E-state index is 12.0. The average molecular weight is 488 g/mol. The van der Waals surface area contributed by atoms with Gasteiger partial charge < -0.3 is 20.3 Å². The first-order valence-electron chi connectivity index (χ1n) is 8.89. The van der Waals surface area contributed by atoms with E-state index >= 15 is 0 Å². The summed E-state index contributed by atoms with van der Waals surface area (Å²) in [5.74, 6) is 0.355. The molecule has 27 heavy (non-hydrogen) atoms. The first-order valence-corrected chi connectivity index (χ1v) is 8.89. The molecule has 2 N–H and O–H groups in total. The molecule has 0 bridgehead atoms. The zero-order valence-corrected chi connectivity index (χ0v) is 18.4. The number of likely N-dealkylation sites (tertiary alicyclic amines) is 1. The third-order valence-corrected chi connectivity index (χ3v) is 4.61. The molecule has 0 spiro atoms. The second-order valence-electron chi connectivity index (χ2n) is 6.50. The lowest BCUT2D eigenvalue weighted by Crippen LogP contribution is -2.45. The summed E-state index contributed by atoms with van der Waals surface area (Å²) in [4.78, 5) is 30.1. The Balaban J connectivity index is 0.00000364. The van der Waals surface area contributed by atoms with E-state index < -0.39 is 0 Å². The molecule has 2 unspecified atom stereocenters. The van der Waals surface area contributed by atoms with E-state index in [9.17, 15) is 9.59 Å². The molecule has 150 valence electrons. The first kappa shape index (κ1) is 23.2. The van der Waals surface area contributed by atoms with Crippen molar-refractivity contribution in [2.45, 2.75) is 13.3 Å². The van der Waals surface area contributed by atoms with Gasteiger partial charge in [0, 0.05) is 26.7 Å². The van der Waals surface area contributed by atoms with Crippen LogP contribution in [0.3, 0.4) is 0 Å². The van der Waals surface area contributed by atoms with Gasteiger partial charge >= 0.3 is 5.97 Å². The number of rotatable bonds is 6. The first-order chi connectivity index (χ1) is 12.5. The Morgan fingerprint density at radius 2 is 1.93 bits per heavy atom. The van der Waals surface area contributed by atoms with Crippen LogP contribution in [0.25, 0.3) is 0 Å². The molecule has 8 heteroatoms. The van der Waals surface area contributed by atoms with Crippen LogP contribution in [0, 0.1) is 11.8 Å². The van der Waals surface area contributed by atoms with E-state index in [-0.39, 0.29) is 54.2 Å². The molecule has 1 aliphatic rings. The van der Waals surface area contributed by atoms with Gasteiger partial charge in [-0.05, 0) is 17.9 Å². The Hall–Kier alpha value is -1.84. The number of aliphatic imine (C=N–C) groups is 1. The van der Waals surface area contributed by atoms with Crippen LogP contribution in [0.4, 0.5) is 0 Å². The molecule has 1 fully saturated rings. The Kier molecular flexibility index (Phi) is 10.1. The van der Waals surface area contributed by atoms with Crippen molar-refractivity contribution in [2.24, 2.45) is 16.8 Å². The molecule has 1 amide bonds. The molecule has 1 aromatic carbocycles. The van der Waals surface area contributed by atoms with Gasteiger partial charge in [0.15, 0.2) is 5.96 Å². The number of ether oxygens (including phenoxy) is 1. The van der Waals surface area contributed by atoms with Gasteiger partial charge in [0.25, 0.3) is 0 Å². The Bertz CT molecular complexity index is 639. The van der Waals surface area contributed by atoms with Gasteiger partial charge in [0.1, 0.15) is 0 Å². The predicted molar refractivity (Wildman–Crippen MR) is 116 cm³/mol. The molecule has 1 saturated heterocycles. The lowest BCUT2D eigenvalue weighted by Gasteiger charge is -2.21. The number of benzene rings is 1. The fourth-order valence-corrected chi connectivity index (χ4v) is 3.14. The van der Waals surface area contributed by atoms with E-state index in [0.717, 1.165) is 6.42 Å². The largest absolute Gasteiger partial charge is 0.469 e. The summed E-state index contributed by atoms with van der Waals surface area (Å²) < 4.78 is 4.86. The molecule has 0 aliphatic carbocycles. The van der Waals surface area contributed by atoms with Crippen molar-refractivity contribution in [3.05, 3.63) is 35.9 Å². The van der Waals surface area contributed by atoms with E-state index in [1.165, 1.54) is 12.7 Å². The molecule has 0 aromatic heterocycles. The molecule has 7 nitrogen and oxygen atoms in total. The molecule has 1 aromatic rings. The minimum absolute atomic E-state index is 0. The Labute approximate surface area is 178 Å². The summed E-state index contributed by atoms with van der Waals surface area (Å²) in [5.41, 5.74) is 1.19. The number of guanidine groups is 1. The number of hydrogen-bond acceptors (Lipinski definition) is 4. The van der Waals surface area contributed by atoms with Crippen molar-refractivity contribution in [2.75, 3.05) is 40.3 Å². The summed E-state index contributed by atoms with van der Waals surface area (Å²) in [6.07, 6.45) is 0.797. The number of carbonyl (C=O) groups excluding carboxylic acids is 2. The molecular weight excluding hydrogens is 459 g/mol. The molecule has 1 heterocycles. The van der Waals surface area contributed by atoms with E-state index in [2.05, 4.69) is 15.6 Å². The predicted octanol–water partition coefficient (Wildman–Crippen LogP) is 1.28. The van der Waals surface area contributed by atoms with E-state index in [1.807, 2.05) is 42.2 Å². The van der Waals surface area contributed by atoms with Crippen LogP contribution < -0.4 is 10.6 Å². The summed E-state index contributed by atoms with van der Waals surface area (Å²) in [5, 5.41) is 5.97. The van der Waals surface area contributed by atoms with Crippen molar-refractivity contribution < 1.29 is 14.3 Å². The molecular formula is C19H29IN4O3. The maximum atomic E-state index is 12.0. The number of nitrogens with zero attached hydrogens (tertiary/aromatic N) is 2. The maximum Gasteiger partial charge on any atom is 0.310 e. The smallest absolute Gasteiger partial charge is 0.310 e. The van der Waals surface area contributed by atoms with Crippen LogP contribution in [-0.4, -0.2) is 63.1 Å². The zero-order chi connectivity index (χ0) is 18.9. The SMILES string of the molecule is CN=C(NCC(=O)NCCc1ccccc1)N1CC(C)C(C(=O)OC)C1.I. The number of carbonyl (C=O) groups is 2. The Morgan fingerprint density at radius 1 is 1.22 bits per heavy atom. The summed E-state index contributed by atoms with van der Waals surface area (Å²) >= 11 is 0. The molecule has 2 rings (SSSR count). The Morgan fingerprint density at radius 3 is 2.56 bits per heavy atom. The van der Waals surface area contributed by atoms with E-state index in [0.29, 0.717) is 25.6 Å². The van der Waals surface area contributed by atoms with Crippen LogP contribution in [-0.2, 0) is 20.7 Å². The number of hydrogen-bond donors (Lipinski definition) is 2. The highest BCUT2D eigenvalue weighted by Crippen LogP contribution is 2.23. The highest BCUT2D eigenvalue weighted by molar-refractivity contribution is 14.0. The van der Waals surface area contributed by atoms with Gasteiger partial charge in [-0.15, -0.1) is 24.0 Å². The third-order valence-electron chi connectivity index (χ3n) is 4.61. The van der Waals surface area contributed by atoms with E-state index in [1.54, 1.807) is 7.05 Å². The topological polar surface area (TPSA) is 83.0 Å². The number of esters is 1. The van der Waals surface area contributed by atoms with Crippen LogP contribution in [0.5, 0.6) is 0 Å². The van der Waals surface area contributed by atoms with Crippen LogP contribution in [0.1, 0.15) is 12.5 Å². The number of methoxy groups -OCH3 is 1.